The standard InChI is InChI=1S/C54H32N2/c1-4-12-33(13-5-1)40-28-26-37-27-29-42-46(34-14-6-2-7-15-34)32-47(43-31-30-41(40)49(37)50(42)43)35-22-24-38(25-23-35)52-51-44-20-10-18-36-19-11-21-45(48(36)44)53(51)56-54(55-52)39-16-8-3-9-17-39/h1-32H. The van der Waals surface area contributed by atoms with Crippen LogP contribution in [-0.4, -0.2) is 9.97 Å². The van der Waals surface area contributed by atoms with E-state index in [4.69, 9.17) is 9.97 Å². The number of benzene rings is 10. The molecule has 1 aromatic heterocycles. The van der Waals surface area contributed by atoms with Crippen LogP contribution < -0.4 is 0 Å². The molecule has 1 heterocycles. The van der Waals surface area contributed by atoms with Crippen LogP contribution in [0.15, 0.2) is 194 Å². The van der Waals surface area contributed by atoms with Crippen molar-refractivity contribution in [3.05, 3.63) is 194 Å². The highest BCUT2D eigenvalue weighted by molar-refractivity contribution is 6.30. The summed E-state index contributed by atoms with van der Waals surface area (Å²) in [7, 11) is 0. The van der Waals surface area contributed by atoms with Gasteiger partial charge >= 0.3 is 0 Å². The van der Waals surface area contributed by atoms with Crippen LogP contribution >= 0.6 is 0 Å². The maximum absolute atomic E-state index is 5.34. The summed E-state index contributed by atoms with van der Waals surface area (Å²) in [5.41, 5.74) is 14.8. The number of rotatable bonds is 5. The zero-order valence-corrected chi connectivity index (χ0v) is 30.4. The van der Waals surface area contributed by atoms with Gasteiger partial charge in [-0.2, -0.15) is 0 Å². The van der Waals surface area contributed by atoms with Crippen LogP contribution in [0, 0.1) is 0 Å². The van der Waals surface area contributed by atoms with Crippen molar-refractivity contribution in [2.75, 3.05) is 0 Å². The first-order valence-corrected chi connectivity index (χ1v) is 19.2. The second-order valence-electron chi connectivity index (χ2n) is 14.8. The quantitative estimate of drug-likeness (QED) is 0.166. The molecule has 0 radical (unpaired) electrons. The van der Waals surface area contributed by atoms with Crippen LogP contribution in [0.3, 0.4) is 0 Å². The van der Waals surface area contributed by atoms with Crippen molar-refractivity contribution < 1.29 is 0 Å². The number of hydrogen-bond donors (Lipinski definition) is 0. The fourth-order valence-electron chi connectivity index (χ4n) is 9.25. The second kappa shape index (κ2) is 12.0. The van der Waals surface area contributed by atoms with Crippen LogP contribution in [0.5, 0.6) is 0 Å². The minimum absolute atomic E-state index is 0.738. The van der Waals surface area contributed by atoms with E-state index < -0.39 is 0 Å². The average Bonchev–Trinajstić information content (AvgIpc) is 3.60. The lowest BCUT2D eigenvalue weighted by Crippen LogP contribution is -1.97. The summed E-state index contributed by atoms with van der Waals surface area (Å²) in [6.07, 6.45) is 0. The van der Waals surface area contributed by atoms with Gasteiger partial charge in [0.2, 0.25) is 0 Å². The Morgan fingerprint density at radius 2 is 0.768 bits per heavy atom. The van der Waals surface area contributed by atoms with Gasteiger partial charge in [0.15, 0.2) is 5.82 Å². The van der Waals surface area contributed by atoms with E-state index in [-0.39, 0.29) is 0 Å². The molecule has 0 atom stereocenters. The van der Waals surface area contributed by atoms with Crippen molar-refractivity contribution in [2.45, 2.75) is 0 Å². The molecule has 0 N–H and O–H groups in total. The Hall–Kier alpha value is -7.42. The topological polar surface area (TPSA) is 25.8 Å². The molecule has 10 aromatic carbocycles. The van der Waals surface area contributed by atoms with E-state index in [1.54, 1.807) is 0 Å². The monoisotopic (exact) mass is 708 g/mol. The fourth-order valence-corrected chi connectivity index (χ4v) is 9.25. The number of hydrogen-bond acceptors (Lipinski definition) is 2. The highest BCUT2D eigenvalue weighted by Crippen LogP contribution is 2.51. The third kappa shape index (κ3) is 4.57. The molecule has 0 saturated heterocycles. The molecule has 0 fully saturated rings. The van der Waals surface area contributed by atoms with Crippen molar-refractivity contribution in [3.63, 3.8) is 0 Å². The third-order valence-corrected chi connectivity index (χ3v) is 11.8. The van der Waals surface area contributed by atoms with Gasteiger partial charge in [-0.3, -0.25) is 0 Å². The summed E-state index contributed by atoms with van der Waals surface area (Å²) in [4.78, 5) is 10.6. The highest BCUT2D eigenvalue weighted by Gasteiger charge is 2.28. The van der Waals surface area contributed by atoms with Crippen LogP contribution in [0.4, 0.5) is 0 Å². The molecule has 11 aromatic rings. The summed E-state index contributed by atoms with van der Waals surface area (Å²) in [6.45, 7) is 0. The maximum atomic E-state index is 5.34. The minimum Gasteiger partial charge on any atom is -0.227 e. The minimum atomic E-state index is 0.738. The SMILES string of the molecule is c1ccc(-c2nc(-c3ccc(-c4cc(-c5ccccc5)c5ccc6ccc(-c7ccccc7)c7ccc4c5c67)cc3)c3c(n2)-c2cccc4cccc-3c24)cc1. The summed E-state index contributed by atoms with van der Waals surface area (Å²) in [5, 5.41) is 10.2. The molecule has 258 valence electrons. The predicted octanol–water partition coefficient (Wildman–Crippen LogP) is 14.5. The maximum Gasteiger partial charge on any atom is 0.160 e. The lowest BCUT2D eigenvalue weighted by Gasteiger charge is -2.20. The molecule has 1 aliphatic rings. The summed E-state index contributed by atoms with van der Waals surface area (Å²) >= 11 is 0. The first-order chi connectivity index (χ1) is 27.8. The van der Waals surface area contributed by atoms with Crippen LogP contribution in [0.2, 0.25) is 0 Å². The van der Waals surface area contributed by atoms with E-state index in [1.165, 1.54) is 87.6 Å². The zero-order chi connectivity index (χ0) is 36.7. The number of fused-ring (bicyclic) bond motifs is 3. The van der Waals surface area contributed by atoms with E-state index in [2.05, 4.69) is 188 Å². The molecule has 56 heavy (non-hydrogen) atoms. The van der Waals surface area contributed by atoms with Crippen LogP contribution in [-0.2, 0) is 0 Å². The fraction of sp³-hybridized carbons (Fsp3) is 0. The van der Waals surface area contributed by atoms with Gasteiger partial charge in [-0.15, -0.1) is 0 Å². The summed E-state index contributed by atoms with van der Waals surface area (Å²) in [6, 6.07) is 70.3. The molecular formula is C54H32N2. The first kappa shape index (κ1) is 31.0. The van der Waals surface area contributed by atoms with E-state index in [0.29, 0.717) is 0 Å². The van der Waals surface area contributed by atoms with E-state index >= 15 is 0 Å². The van der Waals surface area contributed by atoms with Gasteiger partial charge in [-0.25, -0.2) is 9.97 Å². The van der Waals surface area contributed by atoms with Crippen LogP contribution in [0.1, 0.15) is 0 Å². The van der Waals surface area contributed by atoms with E-state index in [0.717, 1.165) is 33.9 Å². The summed E-state index contributed by atoms with van der Waals surface area (Å²) < 4.78 is 0. The molecule has 0 bridgehead atoms. The molecule has 2 heteroatoms. The zero-order valence-electron chi connectivity index (χ0n) is 30.4. The first-order valence-electron chi connectivity index (χ1n) is 19.2. The van der Waals surface area contributed by atoms with E-state index in [9.17, 15) is 0 Å². The largest absolute Gasteiger partial charge is 0.227 e. The van der Waals surface area contributed by atoms with E-state index in [1.807, 2.05) is 6.07 Å². The molecule has 0 amide bonds. The lowest BCUT2D eigenvalue weighted by molar-refractivity contribution is 1.19. The summed E-state index contributed by atoms with van der Waals surface area (Å²) in [5.74, 6) is 0.738. The smallest absolute Gasteiger partial charge is 0.160 e. The van der Waals surface area contributed by atoms with Crippen molar-refractivity contribution in [3.8, 4) is 78.4 Å². The van der Waals surface area contributed by atoms with Gasteiger partial charge in [-0.1, -0.05) is 188 Å². The van der Waals surface area contributed by atoms with Gasteiger partial charge in [0.25, 0.3) is 0 Å². The van der Waals surface area contributed by atoms with Crippen molar-refractivity contribution in [2.24, 2.45) is 0 Å². The van der Waals surface area contributed by atoms with Crippen molar-refractivity contribution >= 4 is 43.1 Å². The van der Waals surface area contributed by atoms with Gasteiger partial charge in [0.1, 0.15) is 0 Å². The Bertz CT molecular complexity index is 3310. The Kier molecular flexibility index (Phi) is 6.66. The van der Waals surface area contributed by atoms with Gasteiger partial charge in [0.05, 0.1) is 11.4 Å². The molecule has 0 aliphatic heterocycles. The molecule has 2 nitrogen and oxygen atoms in total. The lowest BCUT2D eigenvalue weighted by atomic mass is 9.84. The molecule has 1 aliphatic carbocycles. The molecule has 0 saturated carbocycles. The normalized spacial score (nSPS) is 11.9. The van der Waals surface area contributed by atoms with Crippen molar-refractivity contribution in [1.29, 1.82) is 0 Å². The van der Waals surface area contributed by atoms with Gasteiger partial charge in [-0.05, 0) is 88.1 Å². The molecule has 12 rings (SSSR count). The number of nitrogens with zero attached hydrogens (tertiary/aromatic N) is 2. The molecule has 0 spiro atoms. The molecular weight excluding hydrogens is 677 g/mol. The highest BCUT2D eigenvalue weighted by atomic mass is 14.9. The van der Waals surface area contributed by atoms with Gasteiger partial charge in [0, 0.05) is 22.3 Å². The number of aromatic nitrogens is 2. The van der Waals surface area contributed by atoms with Crippen LogP contribution in [0.25, 0.3) is 122 Å². The Morgan fingerprint density at radius 3 is 1.45 bits per heavy atom. The second-order valence-corrected chi connectivity index (χ2v) is 14.8. The predicted molar refractivity (Wildman–Crippen MR) is 235 cm³/mol. The third-order valence-electron chi connectivity index (χ3n) is 11.8. The average molecular weight is 709 g/mol. The van der Waals surface area contributed by atoms with Crippen molar-refractivity contribution in [1.82, 2.24) is 9.97 Å². The Morgan fingerprint density at radius 1 is 0.268 bits per heavy atom. The Labute approximate surface area is 324 Å². The molecule has 0 unspecified atom stereocenters. The Balaban J connectivity index is 1.09. The van der Waals surface area contributed by atoms with Gasteiger partial charge < -0.3 is 0 Å².